The Balaban J connectivity index is 1.16. The molecule has 0 N–H and O–H groups in total. The second-order valence-corrected chi connectivity index (χ2v) is 16.7. The molecular formula is C37H44ClN3O6S. The highest BCUT2D eigenvalue weighted by molar-refractivity contribution is 7.91. The summed E-state index contributed by atoms with van der Waals surface area (Å²) in [7, 11) is -0.452. The third-order valence-corrected chi connectivity index (χ3v) is 13.7. The predicted octanol–water partition coefficient (Wildman–Crippen LogP) is 6.46. The lowest BCUT2D eigenvalue weighted by atomic mass is 9.65. The molecule has 2 aromatic carbocycles. The van der Waals surface area contributed by atoms with Gasteiger partial charge in [-0.2, -0.15) is 0 Å². The molecule has 1 aromatic heterocycles. The average molecular weight is 694 g/mol. The summed E-state index contributed by atoms with van der Waals surface area (Å²) in [6.45, 7) is 2.07. The van der Waals surface area contributed by atoms with Crippen molar-refractivity contribution in [3.8, 4) is 5.75 Å². The van der Waals surface area contributed by atoms with Crippen molar-refractivity contribution in [2.45, 2.75) is 79.7 Å². The lowest BCUT2D eigenvalue weighted by Gasteiger charge is -2.48. The number of carbonyl (C=O) groups is 1. The van der Waals surface area contributed by atoms with Crippen LogP contribution < -0.4 is 9.64 Å². The van der Waals surface area contributed by atoms with Gasteiger partial charge in [0.15, 0.2) is 0 Å². The zero-order valence-corrected chi connectivity index (χ0v) is 29.2. The molecule has 2 fully saturated rings. The number of benzene rings is 2. The molecule has 0 unspecified atom stereocenters. The molecule has 256 valence electrons. The second kappa shape index (κ2) is 13.6. The minimum Gasteiger partial charge on any atom is -0.490 e. The smallest absolute Gasteiger partial charge is 0.337 e. The van der Waals surface area contributed by atoms with Crippen molar-refractivity contribution in [2.75, 3.05) is 38.8 Å². The highest BCUT2D eigenvalue weighted by Crippen LogP contribution is 2.48. The number of nitrogens with zero attached hydrogens (tertiary/aromatic N) is 3. The van der Waals surface area contributed by atoms with Gasteiger partial charge in [0.1, 0.15) is 5.75 Å². The van der Waals surface area contributed by atoms with E-state index in [2.05, 4.69) is 27.0 Å². The summed E-state index contributed by atoms with van der Waals surface area (Å²) in [5.41, 5.74) is 3.74. The van der Waals surface area contributed by atoms with Crippen LogP contribution >= 0.6 is 11.6 Å². The molecule has 1 aliphatic heterocycles. The molecule has 0 saturated heterocycles. The lowest BCUT2D eigenvalue weighted by Crippen LogP contribution is -2.51. The first-order valence-corrected chi connectivity index (χ1v) is 19.1. The number of hydrogen-bond acceptors (Lipinski definition) is 9. The Labute approximate surface area is 288 Å². The maximum atomic E-state index is 13.5. The zero-order valence-electron chi connectivity index (χ0n) is 27.6. The maximum Gasteiger partial charge on any atom is 0.337 e. The second-order valence-electron chi connectivity index (χ2n) is 14.1. The van der Waals surface area contributed by atoms with Crippen LogP contribution in [0.5, 0.6) is 5.75 Å². The van der Waals surface area contributed by atoms with Crippen molar-refractivity contribution in [2.24, 2.45) is 17.8 Å². The molecule has 2 saturated carbocycles. The van der Waals surface area contributed by atoms with E-state index in [1.165, 1.54) is 30.6 Å². The van der Waals surface area contributed by atoms with Gasteiger partial charge >= 0.3 is 5.97 Å². The number of sulfone groups is 1. The third kappa shape index (κ3) is 6.20. The van der Waals surface area contributed by atoms with Crippen LogP contribution in [0.3, 0.4) is 0 Å². The summed E-state index contributed by atoms with van der Waals surface area (Å²) >= 11 is 6.45. The van der Waals surface area contributed by atoms with Crippen LogP contribution in [0.2, 0.25) is 5.02 Å². The van der Waals surface area contributed by atoms with Gasteiger partial charge in [-0.05, 0) is 117 Å². The van der Waals surface area contributed by atoms with Crippen molar-refractivity contribution in [1.82, 2.24) is 9.97 Å². The number of aryl methyl sites for hydroxylation is 1. The van der Waals surface area contributed by atoms with Crippen LogP contribution in [0, 0.1) is 17.8 Å². The fourth-order valence-corrected chi connectivity index (χ4v) is 10.8. The van der Waals surface area contributed by atoms with E-state index in [4.69, 9.17) is 25.8 Å². The highest BCUT2D eigenvalue weighted by atomic mass is 35.5. The Morgan fingerprint density at radius 2 is 1.92 bits per heavy atom. The number of fused-ring (bicyclic) bond motifs is 3. The van der Waals surface area contributed by atoms with E-state index in [1.54, 1.807) is 19.2 Å². The fourth-order valence-electron chi connectivity index (χ4n) is 8.96. The molecule has 4 aliphatic rings. The number of esters is 1. The molecule has 3 aliphatic carbocycles. The molecule has 0 bridgehead atoms. The van der Waals surface area contributed by atoms with Crippen LogP contribution in [0.4, 0.5) is 5.69 Å². The van der Waals surface area contributed by atoms with E-state index < -0.39 is 15.1 Å². The summed E-state index contributed by atoms with van der Waals surface area (Å²) in [5.74, 6) is 1.15. The molecule has 1 spiro atoms. The number of rotatable bonds is 8. The number of hydrogen-bond donors (Lipinski definition) is 0. The Morgan fingerprint density at radius 1 is 1.08 bits per heavy atom. The van der Waals surface area contributed by atoms with E-state index >= 15 is 0 Å². The van der Waals surface area contributed by atoms with Crippen molar-refractivity contribution in [3.63, 3.8) is 0 Å². The summed E-state index contributed by atoms with van der Waals surface area (Å²) in [6.07, 6.45) is 11.0. The first-order chi connectivity index (χ1) is 23.2. The maximum absolute atomic E-state index is 13.5. The summed E-state index contributed by atoms with van der Waals surface area (Å²) < 4.78 is 45.0. The lowest BCUT2D eigenvalue weighted by molar-refractivity contribution is -0.0589. The first-order valence-electron chi connectivity index (χ1n) is 17.1. The molecule has 2 heterocycles. The van der Waals surface area contributed by atoms with Gasteiger partial charge in [0.25, 0.3) is 0 Å². The van der Waals surface area contributed by atoms with Gasteiger partial charge in [0, 0.05) is 43.0 Å². The average Bonchev–Trinajstić information content (AvgIpc) is 3.25. The number of anilines is 1. The third-order valence-electron chi connectivity index (χ3n) is 11.5. The normalized spacial score (nSPS) is 27.5. The largest absolute Gasteiger partial charge is 0.490 e. The van der Waals surface area contributed by atoms with Crippen molar-refractivity contribution >= 4 is 33.1 Å². The summed E-state index contributed by atoms with van der Waals surface area (Å²) in [6, 6.07) is 13.5. The van der Waals surface area contributed by atoms with Crippen LogP contribution in [-0.4, -0.2) is 69.6 Å². The molecule has 6 atom stereocenters. The van der Waals surface area contributed by atoms with E-state index in [9.17, 15) is 13.2 Å². The summed E-state index contributed by atoms with van der Waals surface area (Å²) in [4.78, 5) is 23.2. The van der Waals surface area contributed by atoms with Crippen LogP contribution in [0.1, 0.15) is 72.9 Å². The monoisotopic (exact) mass is 693 g/mol. The van der Waals surface area contributed by atoms with E-state index in [0.717, 1.165) is 74.5 Å². The van der Waals surface area contributed by atoms with Gasteiger partial charge < -0.3 is 19.1 Å². The SMILES string of the molecule is COC(=O)c1ccc2c(c1)N(C[C@@H]1CC[C@H]1[C@H](OC)[C@H]1CCC[C@@H](S(=O)(=O)c3ncccn3)C1)C[C@@]1(CCCc3cc(Cl)ccc31)CO2. The molecule has 7 rings (SSSR count). The number of ether oxygens (including phenoxy) is 3. The van der Waals surface area contributed by atoms with Crippen molar-refractivity contribution in [3.05, 3.63) is 76.6 Å². The van der Waals surface area contributed by atoms with Crippen molar-refractivity contribution in [1.29, 1.82) is 0 Å². The predicted molar refractivity (Wildman–Crippen MR) is 184 cm³/mol. The van der Waals surface area contributed by atoms with Gasteiger partial charge in [0.05, 0.1) is 36.3 Å². The minimum absolute atomic E-state index is 0.0472. The molecule has 9 nitrogen and oxygen atoms in total. The van der Waals surface area contributed by atoms with Crippen molar-refractivity contribution < 1.29 is 27.4 Å². The highest BCUT2D eigenvalue weighted by Gasteiger charge is 2.47. The molecule has 0 amide bonds. The molecule has 0 radical (unpaired) electrons. The van der Waals surface area contributed by atoms with Crippen LogP contribution in [0.15, 0.2) is 60.0 Å². The molecule has 11 heteroatoms. The van der Waals surface area contributed by atoms with Gasteiger partial charge in [-0.15, -0.1) is 0 Å². The van der Waals surface area contributed by atoms with Gasteiger partial charge in [-0.25, -0.2) is 23.2 Å². The minimum atomic E-state index is -3.63. The quantitative estimate of drug-likeness (QED) is 0.194. The summed E-state index contributed by atoms with van der Waals surface area (Å²) in [5, 5.41) is 0.154. The van der Waals surface area contributed by atoms with E-state index in [1.807, 2.05) is 18.2 Å². The first kappa shape index (κ1) is 33.3. The van der Waals surface area contributed by atoms with Crippen LogP contribution in [0.25, 0.3) is 0 Å². The van der Waals surface area contributed by atoms with E-state index in [0.29, 0.717) is 36.8 Å². The topological polar surface area (TPSA) is 108 Å². The Bertz CT molecular complexity index is 1760. The Morgan fingerprint density at radius 3 is 2.67 bits per heavy atom. The van der Waals surface area contributed by atoms with Gasteiger partial charge in [-0.1, -0.05) is 24.1 Å². The Hall–Kier alpha value is -3.21. The Kier molecular flexibility index (Phi) is 9.43. The van der Waals surface area contributed by atoms with Gasteiger partial charge in [-0.3, -0.25) is 0 Å². The van der Waals surface area contributed by atoms with Gasteiger partial charge in [0.2, 0.25) is 15.0 Å². The number of carbonyl (C=O) groups excluding carboxylic acids is 1. The number of halogens is 1. The number of aromatic nitrogens is 2. The molecule has 3 aromatic rings. The zero-order chi connectivity index (χ0) is 33.5. The standard InChI is InChI=1S/C37H44ClN3O6S/c1-45-34(25-6-3-8-29(19-25)48(43,44)36-39-16-5-17-40-36)30-12-9-27(30)21-41-22-37(15-4-7-24-18-28(38)11-13-31(24)37)23-47-33-14-10-26(20-32(33)41)35(42)46-2/h5,10-11,13-14,16-18,20,25,27,29-30,34H,3-4,6-9,12,15,19,21-23H2,1-2H3/t25-,27-,29+,30+,34+,37-/m0/s1. The molecular weight excluding hydrogens is 650 g/mol. The number of methoxy groups -OCH3 is 2. The fraction of sp³-hybridized carbons (Fsp3) is 0.541. The van der Waals surface area contributed by atoms with Crippen LogP contribution in [-0.2, 0) is 31.1 Å². The molecule has 48 heavy (non-hydrogen) atoms. The van der Waals surface area contributed by atoms with E-state index in [-0.39, 0.29) is 28.6 Å².